The Morgan fingerprint density at radius 3 is 2.67 bits per heavy atom. The van der Waals surface area contributed by atoms with Gasteiger partial charge in [0.05, 0.1) is 6.61 Å². The molecule has 15 heavy (non-hydrogen) atoms. The minimum absolute atomic E-state index is 0.242. The maximum atomic E-state index is 8.90. The highest BCUT2D eigenvalue weighted by molar-refractivity contribution is 4.72. The van der Waals surface area contributed by atoms with E-state index >= 15 is 0 Å². The lowest BCUT2D eigenvalue weighted by molar-refractivity contribution is 0.144. The molecule has 1 aliphatic rings. The van der Waals surface area contributed by atoms with E-state index in [0.717, 1.165) is 18.9 Å². The number of ether oxygens (including phenoxy) is 1. The molecule has 0 aromatic rings. The predicted molar refractivity (Wildman–Crippen MR) is 61.9 cm³/mol. The van der Waals surface area contributed by atoms with Crippen molar-refractivity contribution in [2.45, 2.75) is 44.6 Å². The molecule has 1 atom stereocenters. The van der Waals surface area contributed by atoms with Gasteiger partial charge in [0.15, 0.2) is 0 Å². The van der Waals surface area contributed by atoms with E-state index in [0.29, 0.717) is 12.6 Å². The summed E-state index contributed by atoms with van der Waals surface area (Å²) in [6, 6.07) is 0.321. The molecule has 1 rings (SSSR count). The minimum Gasteiger partial charge on any atom is -0.396 e. The van der Waals surface area contributed by atoms with E-state index in [4.69, 9.17) is 9.84 Å². The van der Waals surface area contributed by atoms with E-state index in [1.165, 1.54) is 32.1 Å². The van der Waals surface area contributed by atoms with Crippen molar-refractivity contribution in [3.8, 4) is 0 Å². The first kappa shape index (κ1) is 12.9. The first-order valence-electron chi connectivity index (χ1n) is 6.20. The SMILES string of the molecule is COCC(CCO)NCC1CCCCC1. The largest absolute Gasteiger partial charge is 0.396 e. The highest BCUT2D eigenvalue weighted by Crippen LogP contribution is 2.22. The molecule has 0 heterocycles. The summed E-state index contributed by atoms with van der Waals surface area (Å²) in [7, 11) is 1.71. The summed E-state index contributed by atoms with van der Waals surface area (Å²) in [4.78, 5) is 0. The van der Waals surface area contributed by atoms with Gasteiger partial charge in [-0.05, 0) is 31.7 Å². The van der Waals surface area contributed by atoms with Crippen LogP contribution in [0.3, 0.4) is 0 Å². The van der Waals surface area contributed by atoms with Gasteiger partial charge in [0, 0.05) is 19.8 Å². The smallest absolute Gasteiger partial charge is 0.0616 e. The van der Waals surface area contributed by atoms with Gasteiger partial charge in [-0.15, -0.1) is 0 Å². The lowest BCUT2D eigenvalue weighted by atomic mass is 9.89. The Labute approximate surface area is 93.2 Å². The van der Waals surface area contributed by atoms with Crippen molar-refractivity contribution >= 4 is 0 Å². The van der Waals surface area contributed by atoms with Crippen LogP contribution in [0, 0.1) is 5.92 Å². The maximum Gasteiger partial charge on any atom is 0.0616 e. The van der Waals surface area contributed by atoms with Crippen molar-refractivity contribution in [2.24, 2.45) is 5.92 Å². The van der Waals surface area contributed by atoms with E-state index in [2.05, 4.69) is 5.32 Å². The van der Waals surface area contributed by atoms with E-state index in [1.54, 1.807) is 7.11 Å². The summed E-state index contributed by atoms with van der Waals surface area (Å²) in [6.45, 7) is 2.03. The quantitative estimate of drug-likeness (QED) is 0.677. The average molecular weight is 215 g/mol. The standard InChI is InChI=1S/C12H25NO2/c1-15-10-12(7-8-14)13-9-11-5-3-2-4-6-11/h11-14H,2-10H2,1H3. The minimum atomic E-state index is 0.242. The molecular weight excluding hydrogens is 190 g/mol. The van der Waals surface area contributed by atoms with Gasteiger partial charge in [-0.25, -0.2) is 0 Å². The van der Waals surface area contributed by atoms with Crippen LogP contribution in [-0.4, -0.2) is 38.0 Å². The second-order valence-corrected chi connectivity index (χ2v) is 4.58. The summed E-state index contributed by atoms with van der Waals surface area (Å²) in [5, 5.41) is 12.4. The van der Waals surface area contributed by atoms with Crippen molar-refractivity contribution in [3.05, 3.63) is 0 Å². The van der Waals surface area contributed by atoms with Crippen LogP contribution >= 0.6 is 0 Å². The Hall–Kier alpha value is -0.120. The highest BCUT2D eigenvalue weighted by atomic mass is 16.5. The fourth-order valence-corrected chi connectivity index (χ4v) is 2.33. The monoisotopic (exact) mass is 215 g/mol. The molecule has 0 spiro atoms. The molecule has 0 amide bonds. The van der Waals surface area contributed by atoms with Crippen LogP contribution in [0.2, 0.25) is 0 Å². The van der Waals surface area contributed by atoms with Crippen LogP contribution in [0.15, 0.2) is 0 Å². The summed E-state index contributed by atoms with van der Waals surface area (Å²) in [5.74, 6) is 0.844. The van der Waals surface area contributed by atoms with Crippen LogP contribution in [0.1, 0.15) is 38.5 Å². The van der Waals surface area contributed by atoms with Gasteiger partial charge in [0.2, 0.25) is 0 Å². The normalized spacial score (nSPS) is 20.4. The van der Waals surface area contributed by atoms with Gasteiger partial charge in [-0.2, -0.15) is 0 Å². The number of hydrogen-bond donors (Lipinski definition) is 2. The number of hydrogen-bond acceptors (Lipinski definition) is 3. The predicted octanol–water partition coefficient (Wildman–Crippen LogP) is 1.55. The summed E-state index contributed by atoms with van der Waals surface area (Å²) in [6.07, 6.45) is 7.72. The Balaban J connectivity index is 2.13. The van der Waals surface area contributed by atoms with Gasteiger partial charge >= 0.3 is 0 Å². The lowest BCUT2D eigenvalue weighted by Gasteiger charge is -2.25. The average Bonchev–Trinajstić information content (AvgIpc) is 2.28. The molecule has 0 saturated heterocycles. The number of aliphatic hydroxyl groups excluding tert-OH is 1. The molecule has 90 valence electrons. The molecule has 1 saturated carbocycles. The fraction of sp³-hybridized carbons (Fsp3) is 1.00. The molecule has 1 fully saturated rings. The molecule has 3 heteroatoms. The van der Waals surface area contributed by atoms with Crippen molar-refractivity contribution in [3.63, 3.8) is 0 Å². The first-order valence-corrected chi connectivity index (χ1v) is 6.20. The topological polar surface area (TPSA) is 41.5 Å². The molecule has 0 aromatic carbocycles. The van der Waals surface area contributed by atoms with Gasteiger partial charge in [-0.3, -0.25) is 0 Å². The van der Waals surface area contributed by atoms with E-state index < -0.39 is 0 Å². The summed E-state index contributed by atoms with van der Waals surface area (Å²) in [5.41, 5.74) is 0. The van der Waals surface area contributed by atoms with Gasteiger partial charge in [-0.1, -0.05) is 19.3 Å². The summed E-state index contributed by atoms with van der Waals surface area (Å²) < 4.78 is 5.12. The number of nitrogens with one attached hydrogen (secondary N) is 1. The second kappa shape index (κ2) is 8.08. The zero-order chi connectivity index (χ0) is 10.9. The molecule has 1 unspecified atom stereocenters. The third kappa shape index (κ3) is 5.50. The van der Waals surface area contributed by atoms with Crippen LogP contribution in [-0.2, 0) is 4.74 Å². The molecular formula is C12H25NO2. The zero-order valence-corrected chi connectivity index (χ0v) is 9.87. The van der Waals surface area contributed by atoms with Gasteiger partial charge < -0.3 is 15.2 Å². The van der Waals surface area contributed by atoms with E-state index in [-0.39, 0.29) is 6.61 Å². The van der Waals surface area contributed by atoms with E-state index in [1.807, 2.05) is 0 Å². The third-order valence-corrected chi connectivity index (χ3v) is 3.27. The van der Waals surface area contributed by atoms with Crippen LogP contribution < -0.4 is 5.32 Å². The molecule has 0 aliphatic heterocycles. The first-order chi connectivity index (χ1) is 7.36. The number of aliphatic hydroxyl groups is 1. The molecule has 0 radical (unpaired) electrons. The Bertz CT molecular complexity index is 141. The Morgan fingerprint density at radius 1 is 1.33 bits per heavy atom. The van der Waals surface area contributed by atoms with Crippen molar-refractivity contribution in [1.82, 2.24) is 5.32 Å². The second-order valence-electron chi connectivity index (χ2n) is 4.58. The zero-order valence-electron chi connectivity index (χ0n) is 9.87. The lowest BCUT2D eigenvalue weighted by Crippen LogP contribution is -2.37. The highest BCUT2D eigenvalue weighted by Gasteiger charge is 2.15. The summed E-state index contributed by atoms with van der Waals surface area (Å²) >= 11 is 0. The molecule has 0 aromatic heterocycles. The Kier molecular flexibility index (Phi) is 6.98. The van der Waals surface area contributed by atoms with Crippen LogP contribution in [0.25, 0.3) is 0 Å². The molecule has 0 bridgehead atoms. The third-order valence-electron chi connectivity index (χ3n) is 3.27. The van der Waals surface area contributed by atoms with E-state index in [9.17, 15) is 0 Å². The van der Waals surface area contributed by atoms with Crippen LogP contribution in [0.5, 0.6) is 0 Å². The number of rotatable bonds is 7. The molecule has 2 N–H and O–H groups in total. The van der Waals surface area contributed by atoms with Gasteiger partial charge in [0.1, 0.15) is 0 Å². The van der Waals surface area contributed by atoms with Crippen LogP contribution in [0.4, 0.5) is 0 Å². The number of methoxy groups -OCH3 is 1. The van der Waals surface area contributed by atoms with Crippen molar-refractivity contribution in [1.29, 1.82) is 0 Å². The fourth-order valence-electron chi connectivity index (χ4n) is 2.33. The van der Waals surface area contributed by atoms with Crippen molar-refractivity contribution in [2.75, 3.05) is 26.9 Å². The maximum absolute atomic E-state index is 8.90. The Morgan fingerprint density at radius 2 is 2.07 bits per heavy atom. The van der Waals surface area contributed by atoms with Gasteiger partial charge in [0.25, 0.3) is 0 Å². The van der Waals surface area contributed by atoms with Crippen molar-refractivity contribution < 1.29 is 9.84 Å². The molecule has 3 nitrogen and oxygen atoms in total. The molecule has 1 aliphatic carbocycles.